The summed E-state index contributed by atoms with van der Waals surface area (Å²) in [5, 5.41) is 10.3. The summed E-state index contributed by atoms with van der Waals surface area (Å²) in [6.45, 7) is 1.88. The standard InChI is InChI=1S/C14H18N2O3/c17-13(10-4-8-19-9-5-10)14(18)16-7-3-11-12(16)2-1-6-15-11/h1-2,6,10,13,17H,3-5,7-9H2. The van der Waals surface area contributed by atoms with E-state index in [9.17, 15) is 9.90 Å². The zero-order valence-corrected chi connectivity index (χ0v) is 10.8. The molecule has 1 unspecified atom stereocenters. The first-order chi connectivity index (χ1) is 9.27. The number of ether oxygens (including phenoxy) is 1. The Hall–Kier alpha value is -1.46. The third-order valence-corrected chi connectivity index (χ3v) is 3.96. The van der Waals surface area contributed by atoms with Gasteiger partial charge in [-0.25, -0.2) is 0 Å². The number of nitrogens with zero attached hydrogens (tertiary/aromatic N) is 2. The number of rotatable bonds is 2. The summed E-state index contributed by atoms with van der Waals surface area (Å²) in [6, 6.07) is 3.72. The minimum Gasteiger partial charge on any atom is -0.383 e. The van der Waals surface area contributed by atoms with Crippen LogP contribution in [0.5, 0.6) is 0 Å². The number of aromatic nitrogens is 1. The summed E-state index contributed by atoms with van der Waals surface area (Å²) in [7, 11) is 0. The van der Waals surface area contributed by atoms with Crippen LogP contribution in [0.4, 0.5) is 5.69 Å². The highest BCUT2D eigenvalue weighted by atomic mass is 16.5. The normalized spacial score (nSPS) is 21.2. The van der Waals surface area contributed by atoms with Gasteiger partial charge in [0.1, 0.15) is 6.10 Å². The van der Waals surface area contributed by atoms with Crippen LogP contribution in [-0.4, -0.2) is 41.9 Å². The molecule has 0 saturated carbocycles. The van der Waals surface area contributed by atoms with Crippen LogP contribution in [-0.2, 0) is 16.0 Å². The SMILES string of the molecule is O=C(C(O)C1CCOCC1)N1CCc2ncccc21. The quantitative estimate of drug-likeness (QED) is 0.854. The van der Waals surface area contributed by atoms with Gasteiger partial charge in [0.2, 0.25) is 0 Å². The summed E-state index contributed by atoms with van der Waals surface area (Å²) in [4.78, 5) is 18.4. The molecule has 102 valence electrons. The Morgan fingerprint density at radius 2 is 2.26 bits per heavy atom. The summed E-state index contributed by atoms with van der Waals surface area (Å²) in [5.41, 5.74) is 1.79. The highest BCUT2D eigenvalue weighted by Crippen LogP contribution is 2.28. The number of hydrogen-bond acceptors (Lipinski definition) is 4. The number of amides is 1. The molecule has 5 heteroatoms. The molecule has 1 amide bonds. The first kappa shape index (κ1) is 12.6. The average Bonchev–Trinajstić information content (AvgIpc) is 2.90. The van der Waals surface area contributed by atoms with Gasteiger partial charge in [-0.1, -0.05) is 0 Å². The van der Waals surface area contributed by atoms with E-state index in [4.69, 9.17) is 4.74 Å². The van der Waals surface area contributed by atoms with Crippen molar-refractivity contribution in [2.75, 3.05) is 24.7 Å². The summed E-state index contributed by atoms with van der Waals surface area (Å²) in [6.07, 6.45) is 3.08. The second-order valence-corrected chi connectivity index (χ2v) is 5.10. The summed E-state index contributed by atoms with van der Waals surface area (Å²) in [5.74, 6) is -0.180. The number of carbonyl (C=O) groups is 1. The van der Waals surface area contributed by atoms with Crippen molar-refractivity contribution in [1.82, 2.24) is 4.98 Å². The van der Waals surface area contributed by atoms with Crippen LogP contribution in [0.25, 0.3) is 0 Å². The molecule has 2 aliphatic heterocycles. The monoisotopic (exact) mass is 262 g/mol. The Kier molecular flexibility index (Phi) is 3.48. The molecule has 1 atom stereocenters. The van der Waals surface area contributed by atoms with Gasteiger partial charge in [0, 0.05) is 32.4 Å². The number of anilines is 1. The van der Waals surface area contributed by atoms with Gasteiger partial charge in [-0.05, 0) is 30.9 Å². The number of aliphatic hydroxyl groups is 1. The minimum absolute atomic E-state index is 0.0157. The average molecular weight is 262 g/mol. The number of hydrogen-bond donors (Lipinski definition) is 1. The van der Waals surface area contributed by atoms with Crippen LogP contribution in [0.1, 0.15) is 18.5 Å². The molecule has 19 heavy (non-hydrogen) atoms. The van der Waals surface area contributed by atoms with E-state index in [0.29, 0.717) is 19.8 Å². The summed E-state index contributed by atoms with van der Waals surface area (Å²) < 4.78 is 5.27. The largest absolute Gasteiger partial charge is 0.383 e. The van der Waals surface area contributed by atoms with Gasteiger partial charge < -0.3 is 14.7 Å². The van der Waals surface area contributed by atoms with Gasteiger partial charge in [-0.3, -0.25) is 9.78 Å². The predicted octanol–water partition coefficient (Wildman–Crippen LogP) is 0.758. The molecule has 0 aromatic carbocycles. The Bertz CT molecular complexity index is 472. The molecule has 1 N–H and O–H groups in total. The molecule has 5 nitrogen and oxygen atoms in total. The molecule has 1 saturated heterocycles. The maximum absolute atomic E-state index is 12.4. The topological polar surface area (TPSA) is 62.7 Å². The minimum atomic E-state index is -0.921. The highest BCUT2D eigenvalue weighted by Gasteiger charge is 2.34. The van der Waals surface area contributed by atoms with Crippen molar-refractivity contribution in [3.63, 3.8) is 0 Å². The van der Waals surface area contributed by atoms with Crippen LogP contribution in [0, 0.1) is 5.92 Å². The van der Waals surface area contributed by atoms with Crippen LogP contribution < -0.4 is 4.90 Å². The Morgan fingerprint density at radius 3 is 3.05 bits per heavy atom. The third kappa shape index (κ3) is 2.35. The van der Waals surface area contributed by atoms with Gasteiger partial charge in [0.25, 0.3) is 5.91 Å². The maximum atomic E-state index is 12.4. The lowest BCUT2D eigenvalue weighted by atomic mass is 9.93. The van der Waals surface area contributed by atoms with E-state index >= 15 is 0 Å². The number of fused-ring (bicyclic) bond motifs is 1. The first-order valence-electron chi connectivity index (χ1n) is 6.78. The lowest BCUT2D eigenvalue weighted by molar-refractivity contribution is -0.131. The van der Waals surface area contributed by atoms with Gasteiger partial charge in [-0.2, -0.15) is 0 Å². The Balaban J connectivity index is 1.74. The van der Waals surface area contributed by atoms with Crippen molar-refractivity contribution in [2.24, 2.45) is 5.92 Å². The van der Waals surface area contributed by atoms with Crippen molar-refractivity contribution < 1.29 is 14.6 Å². The molecule has 3 heterocycles. The highest BCUT2D eigenvalue weighted by molar-refractivity contribution is 5.98. The van der Waals surface area contributed by atoms with Gasteiger partial charge in [0.05, 0.1) is 11.4 Å². The lowest BCUT2D eigenvalue weighted by Gasteiger charge is -2.29. The second-order valence-electron chi connectivity index (χ2n) is 5.10. The van der Waals surface area contributed by atoms with E-state index < -0.39 is 6.10 Å². The van der Waals surface area contributed by atoms with Crippen molar-refractivity contribution in [1.29, 1.82) is 0 Å². The van der Waals surface area contributed by atoms with E-state index in [2.05, 4.69) is 4.98 Å². The molecule has 3 rings (SSSR count). The second kappa shape index (κ2) is 5.27. The zero-order valence-electron chi connectivity index (χ0n) is 10.8. The van der Waals surface area contributed by atoms with Gasteiger partial charge >= 0.3 is 0 Å². The fraction of sp³-hybridized carbons (Fsp3) is 0.571. The van der Waals surface area contributed by atoms with Crippen LogP contribution in [0.2, 0.25) is 0 Å². The Morgan fingerprint density at radius 1 is 1.47 bits per heavy atom. The summed E-state index contributed by atoms with van der Waals surface area (Å²) >= 11 is 0. The van der Waals surface area contributed by atoms with Crippen LogP contribution >= 0.6 is 0 Å². The third-order valence-electron chi connectivity index (χ3n) is 3.96. The van der Waals surface area contributed by atoms with E-state index in [1.165, 1.54) is 0 Å². The first-order valence-corrected chi connectivity index (χ1v) is 6.78. The van der Waals surface area contributed by atoms with Gasteiger partial charge in [0.15, 0.2) is 0 Å². The molecule has 1 fully saturated rings. The number of pyridine rings is 1. The molecule has 0 aliphatic carbocycles. The van der Waals surface area contributed by atoms with Crippen LogP contribution in [0.3, 0.4) is 0 Å². The molecule has 0 spiro atoms. The fourth-order valence-corrected chi connectivity index (χ4v) is 2.83. The molecular formula is C14H18N2O3. The van der Waals surface area contributed by atoms with Crippen molar-refractivity contribution in [2.45, 2.75) is 25.4 Å². The van der Waals surface area contributed by atoms with E-state index in [0.717, 1.165) is 30.6 Å². The molecular weight excluding hydrogens is 244 g/mol. The molecule has 0 bridgehead atoms. The zero-order chi connectivity index (χ0) is 13.2. The smallest absolute Gasteiger partial charge is 0.256 e. The fourth-order valence-electron chi connectivity index (χ4n) is 2.83. The van der Waals surface area contributed by atoms with Gasteiger partial charge in [-0.15, -0.1) is 0 Å². The lowest BCUT2D eigenvalue weighted by Crippen LogP contribution is -2.43. The van der Waals surface area contributed by atoms with Crippen LogP contribution in [0.15, 0.2) is 18.3 Å². The molecule has 1 aromatic rings. The maximum Gasteiger partial charge on any atom is 0.256 e. The number of carbonyl (C=O) groups excluding carboxylic acids is 1. The predicted molar refractivity (Wildman–Crippen MR) is 69.8 cm³/mol. The number of aliphatic hydroxyl groups excluding tert-OH is 1. The van der Waals surface area contributed by atoms with E-state index in [-0.39, 0.29) is 11.8 Å². The van der Waals surface area contributed by atoms with Crippen molar-refractivity contribution in [3.8, 4) is 0 Å². The Labute approximate surface area is 112 Å². The molecule has 1 aromatic heterocycles. The molecule has 0 radical (unpaired) electrons. The van der Waals surface area contributed by atoms with E-state index in [1.807, 2.05) is 12.1 Å². The van der Waals surface area contributed by atoms with Crippen molar-refractivity contribution in [3.05, 3.63) is 24.0 Å². The molecule has 2 aliphatic rings. The van der Waals surface area contributed by atoms with E-state index in [1.54, 1.807) is 11.1 Å². The van der Waals surface area contributed by atoms with Crippen molar-refractivity contribution >= 4 is 11.6 Å².